The Morgan fingerprint density at radius 1 is 1.18 bits per heavy atom. The van der Waals surface area contributed by atoms with E-state index in [0.717, 1.165) is 5.56 Å². The quantitative estimate of drug-likeness (QED) is 0.795. The molecule has 1 aromatic carbocycles. The Morgan fingerprint density at radius 3 is 2.12 bits per heavy atom. The van der Waals surface area contributed by atoms with E-state index in [2.05, 4.69) is 0 Å². The van der Waals surface area contributed by atoms with E-state index in [1.807, 2.05) is 58.0 Å². The van der Waals surface area contributed by atoms with Crippen molar-refractivity contribution in [2.45, 2.75) is 33.8 Å². The van der Waals surface area contributed by atoms with E-state index in [9.17, 15) is 4.79 Å². The van der Waals surface area contributed by atoms with Crippen molar-refractivity contribution in [3.8, 4) is 0 Å². The van der Waals surface area contributed by atoms with E-state index in [4.69, 9.17) is 4.74 Å². The highest BCUT2D eigenvalue weighted by molar-refractivity contribution is 5.86. The van der Waals surface area contributed by atoms with Gasteiger partial charge in [-0.15, -0.1) is 0 Å². The molecule has 0 amide bonds. The maximum absolute atomic E-state index is 12.3. The molecule has 2 atom stereocenters. The lowest BCUT2D eigenvalue weighted by Gasteiger charge is -2.27. The monoisotopic (exact) mass is 234 g/mol. The SMILES string of the molecule is CO[C@H](c1ccccc1)[C@H](C)C(=O)C(C)(C)C. The highest BCUT2D eigenvalue weighted by atomic mass is 16.5. The van der Waals surface area contributed by atoms with Crippen LogP contribution in [0, 0.1) is 11.3 Å². The lowest BCUT2D eigenvalue weighted by atomic mass is 9.80. The molecule has 0 saturated carbocycles. The van der Waals surface area contributed by atoms with Crippen LogP contribution in [0.25, 0.3) is 0 Å². The summed E-state index contributed by atoms with van der Waals surface area (Å²) in [5.41, 5.74) is 0.727. The molecule has 0 aliphatic rings. The van der Waals surface area contributed by atoms with Gasteiger partial charge in [0.05, 0.1) is 6.10 Å². The first-order valence-electron chi connectivity index (χ1n) is 6.00. The summed E-state index contributed by atoms with van der Waals surface area (Å²) >= 11 is 0. The number of rotatable bonds is 4. The number of hydrogen-bond donors (Lipinski definition) is 0. The number of ketones is 1. The number of benzene rings is 1. The first-order chi connectivity index (χ1) is 7.88. The lowest BCUT2D eigenvalue weighted by Crippen LogP contribution is -2.31. The molecule has 0 fully saturated rings. The van der Waals surface area contributed by atoms with Gasteiger partial charge >= 0.3 is 0 Å². The lowest BCUT2D eigenvalue weighted by molar-refractivity contribution is -0.134. The first kappa shape index (κ1) is 13.9. The number of methoxy groups -OCH3 is 1. The molecule has 0 bridgehead atoms. The molecule has 0 N–H and O–H groups in total. The fraction of sp³-hybridized carbons (Fsp3) is 0.533. The highest BCUT2D eigenvalue weighted by Gasteiger charge is 2.32. The maximum atomic E-state index is 12.3. The van der Waals surface area contributed by atoms with Crippen LogP contribution in [0.2, 0.25) is 0 Å². The second-order valence-electron chi connectivity index (χ2n) is 5.47. The molecular formula is C15H22O2. The summed E-state index contributed by atoms with van der Waals surface area (Å²) in [6.07, 6.45) is -0.164. The minimum absolute atomic E-state index is 0.137. The summed E-state index contributed by atoms with van der Waals surface area (Å²) < 4.78 is 5.49. The van der Waals surface area contributed by atoms with Crippen molar-refractivity contribution in [2.24, 2.45) is 11.3 Å². The summed E-state index contributed by atoms with van der Waals surface area (Å²) in [5, 5.41) is 0. The molecule has 0 radical (unpaired) electrons. The number of Topliss-reactive ketones (excluding diaryl/α,β-unsaturated/α-hetero) is 1. The van der Waals surface area contributed by atoms with Crippen molar-refractivity contribution in [3.63, 3.8) is 0 Å². The second-order valence-corrected chi connectivity index (χ2v) is 5.47. The van der Waals surface area contributed by atoms with Crippen molar-refractivity contribution in [2.75, 3.05) is 7.11 Å². The van der Waals surface area contributed by atoms with Crippen LogP contribution < -0.4 is 0 Å². The molecule has 2 heteroatoms. The van der Waals surface area contributed by atoms with Gasteiger partial charge in [0.1, 0.15) is 5.78 Å². The maximum Gasteiger partial charge on any atom is 0.143 e. The second kappa shape index (κ2) is 5.46. The van der Waals surface area contributed by atoms with E-state index in [1.165, 1.54) is 0 Å². The Hall–Kier alpha value is -1.15. The first-order valence-corrected chi connectivity index (χ1v) is 6.00. The molecular weight excluding hydrogens is 212 g/mol. The van der Waals surface area contributed by atoms with Gasteiger partial charge in [0.2, 0.25) is 0 Å². The predicted molar refractivity (Wildman–Crippen MR) is 69.8 cm³/mol. The molecule has 2 nitrogen and oxygen atoms in total. The number of carbonyl (C=O) groups excluding carboxylic acids is 1. The van der Waals surface area contributed by atoms with E-state index >= 15 is 0 Å². The van der Waals surface area contributed by atoms with Gasteiger partial charge in [-0.2, -0.15) is 0 Å². The van der Waals surface area contributed by atoms with Crippen LogP contribution in [-0.2, 0) is 9.53 Å². The molecule has 0 aliphatic carbocycles. The van der Waals surface area contributed by atoms with E-state index in [0.29, 0.717) is 0 Å². The molecule has 0 saturated heterocycles. The third kappa shape index (κ3) is 3.40. The van der Waals surface area contributed by atoms with Gasteiger partial charge < -0.3 is 4.74 Å². The summed E-state index contributed by atoms with van der Waals surface area (Å²) in [5.74, 6) is 0.0932. The van der Waals surface area contributed by atoms with Crippen molar-refractivity contribution in [1.82, 2.24) is 0 Å². The van der Waals surface area contributed by atoms with Gasteiger partial charge in [-0.3, -0.25) is 4.79 Å². The summed E-state index contributed by atoms with van der Waals surface area (Å²) in [7, 11) is 1.66. The average Bonchev–Trinajstić information content (AvgIpc) is 2.29. The van der Waals surface area contributed by atoms with Gasteiger partial charge in [-0.05, 0) is 5.56 Å². The number of carbonyl (C=O) groups is 1. The summed E-state index contributed by atoms with van der Waals surface area (Å²) in [6.45, 7) is 7.78. The molecule has 0 heterocycles. The van der Waals surface area contributed by atoms with Crippen molar-refractivity contribution < 1.29 is 9.53 Å². The summed E-state index contributed by atoms with van der Waals surface area (Å²) in [6, 6.07) is 9.90. The molecule has 0 aromatic heterocycles. The molecule has 1 aromatic rings. The zero-order valence-corrected chi connectivity index (χ0v) is 11.4. The van der Waals surface area contributed by atoms with Gasteiger partial charge in [-0.25, -0.2) is 0 Å². The topological polar surface area (TPSA) is 26.3 Å². The standard InChI is InChI=1S/C15H22O2/c1-11(14(16)15(2,3)4)13(17-5)12-9-7-6-8-10-12/h6-11,13H,1-5H3/t11-,13-/m0/s1. The van der Waals surface area contributed by atoms with Crippen LogP contribution in [0.15, 0.2) is 30.3 Å². The van der Waals surface area contributed by atoms with Crippen LogP contribution >= 0.6 is 0 Å². The van der Waals surface area contributed by atoms with E-state index < -0.39 is 0 Å². The van der Waals surface area contributed by atoms with Crippen molar-refractivity contribution >= 4 is 5.78 Å². The normalized spacial score (nSPS) is 15.4. The van der Waals surface area contributed by atoms with Crippen molar-refractivity contribution in [1.29, 1.82) is 0 Å². The van der Waals surface area contributed by atoms with Crippen LogP contribution in [0.1, 0.15) is 39.4 Å². The number of ether oxygens (including phenoxy) is 1. The molecule has 0 spiro atoms. The molecule has 94 valence electrons. The molecule has 0 unspecified atom stereocenters. The Bertz CT molecular complexity index is 362. The third-order valence-electron chi connectivity index (χ3n) is 2.99. The Labute approximate surface area is 104 Å². The van der Waals surface area contributed by atoms with E-state index in [-0.39, 0.29) is 23.2 Å². The minimum Gasteiger partial charge on any atom is -0.376 e. The third-order valence-corrected chi connectivity index (χ3v) is 2.99. The average molecular weight is 234 g/mol. The Balaban J connectivity index is 2.93. The molecule has 1 rings (SSSR count). The number of hydrogen-bond acceptors (Lipinski definition) is 2. The predicted octanol–water partition coefficient (Wildman–Crippen LogP) is 3.63. The Kier molecular flexibility index (Phi) is 4.47. The van der Waals surface area contributed by atoms with E-state index in [1.54, 1.807) is 7.11 Å². The minimum atomic E-state index is -0.328. The molecule has 0 aliphatic heterocycles. The van der Waals surface area contributed by atoms with Crippen molar-refractivity contribution in [3.05, 3.63) is 35.9 Å². The molecule has 17 heavy (non-hydrogen) atoms. The van der Waals surface area contributed by atoms with Crippen LogP contribution in [0.3, 0.4) is 0 Å². The van der Waals surface area contributed by atoms with Gasteiger partial charge in [0, 0.05) is 18.4 Å². The van der Waals surface area contributed by atoms with Gasteiger partial charge in [-0.1, -0.05) is 58.0 Å². The van der Waals surface area contributed by atoms with Gasteiger partial charge in [0.25, 0.3) is 0 Å². The summed E-state index contributed by atoms with van der Waals surface area (Å²) in [4.78, 5) is 12.3. The van der Waals surface area contributed by atoms with Crippen LogP contribution in [0.4, 0.5) is 0 Å². The Morgan fingerprint density at radius 2 is 1.71 bits per heavy atom. The smallest absolute Gasteiger partial charge is 0.143 e. The fourth-order valence-electron chi connectivity index (χ4n) is 2.09. The zero-order valence-electron chi connectivity index (χ0n) is 11.4. The largest absolute Gasteiger partial charge is 0.376 e. The highest BCUT2D eigenvalue weighted by Crippen LogP contribution is 2.31. The van der Waals surface area contributed by atoms with Crippen LogP contribution in [0.5, 0.6) is 0 Å². The van der Waals surface area contributed by atoms with Crippen LogP contribution in [-0.4, -0.2) is 12.9 Å². The fourth-order valence-corrected chi connectivity index (χ4v) is 2.09. The van der Waals surface area contributed by atoms with Gasteiger partial charge in [0.15, 0.2) is 0 Å². The zero-order chi connectivity index (χ0) is 13.1.